The molecule has 3 aromatic heterocycles. The van der Waals surface area contributed by atoms with Gasteiger partial charge < -0.3 is 40.8 Å². The fourth-order valence-electron chi connectivity index (χ4n) is 8.85. The molecule has 0 saturated carbocycles. The van der Waals surface area contributed by atoms with Crippen LogP contribution >= 0.6 is 0 Å². The van der Waals surface area contributed by atoms with Gasteiger partial charge in [-0.1, -0.05) is 94.2 Å². The van der Waals surface area contributed by atoms with Gasteiger partial charge in [0.1, 0.15) is 19.6 Å². The van der Waals surface area contributed by atoms with E-state index in [1.54, 1.807) is 0 Å². The van der Waals surface area contributed by atoms with E-state index in [1.165, 1.54) is 147 Å². The van der Waals surface area contributed by atoms with Gasteiger partial charge in [-0.15, -0.1) is 0 Å². The zero-order valence-corrected chi connectivity index (χ0v) is 37.3. The Morgan fingerprint density at radius 3 is 1.14 bits per heavy atom. The SMILES string of the molecule is Cc1cc(N)c2ccccc2[n+]1CCCCCCCCCCNc1cc(C)[n+](CCCCCCCCCC[n+]2c(C)cc(N)c3ccccc32)c2ccccc12.[I-]. The molecule has 3 aromatic carbocycles. The summed E-state index contributed by atoms with van der Waals surface area (Å²) in [6.45, 7) is 10.9. The van der Waals surface area contributed by atoms with Crippen LogP contribution in [0.15, 0.2) is 91.0 Å². The summed E-state index contributed by atoms with van der Waals surface area (Å²) in [6.07, 6.45) is 20.7. The highest BCUT2D eigenvalue weighted by Gasteiger charge is 2.18. The highest BCUT2D eigenvalue weighted by atomic mass is 127. The van der Waals surface area contributed by atoms with E-state index in [0.29, 0.717) is 0 Å². The second kappa shape index (κ2) is 22.8. The molecule has 5 N–H and O–H groups in total. The van der Waals surface area contributed by atoms with Crippen molar-refractivity contribution in [3.05, 3.63) is 108 Å². The molecule has 0 bridgehead atoms. The summed E-state index contributed by atoms with van der Waals surface area (Å²) >= 11 is 0. The Bertz CT molecular complexity index is 2180. The second-order valence-corrected chi connectivity index (χ2v) is 16.3. The summed E-state index contributed by atoms with van der Waals surface area (Å²) < 4.78 is 7.42. The zero-order valence-electron chi connectivity index (χ0n) is 35.2. The van der Waals surface area contributed by atoms with Crippen molar-refractivity contribution in [1.29, 1.82) is 0 Å². The molecule has 0 saturated heterocycles. The smallest absolute Gasteiger partial charge is 0.214 e. The van der Waals surface area contributed by atoms with E-state index in [4.69, 9.17) is 11.5 Å². The monoisotopic (exact) mass is 880 g/mol. The van der Waals surface area contributed by atoms with Crippen LogP contribution in [0.5, 0.6) is 0 Å². The lowest BCUT2D eigenvalue weighted by atomic mass is 10.1. The fraction of sp³-hybridized carbons (Fsp3) is 0.460. The molecular weight excluding hydrogens is 811 g/mol. The van der Waals surface area contributed by atoms with Crippen LogP contribution in [0.3, 0.4) is 0 Å². The Morgan fingerprint density at radius 1 is 0.404 bits per heavy atom. The number of anilines is 3. The minimum absolute atomic E-state index is 0. The third-order valence-corrected chi connectivity index (χ3v) is 12.0. The molecule has 7 heteroatoms. The van der Waals surface area contributed by atoms with E-state index in [-0.39, 0.29) is 24.0 Å². The van der Waals surface area contributed by atoms with Crippen molar-refractivity contribution in [2.75, 3.05) is 23.3 Å². The first-order valence-electron chi connectivity index (χ1n) is 21.9. The number of halogens is 1. The van der Waals surface area contributed by atoms with Gasteiger partial charge in [-0.05, 0) is 43.9 Å². The van der Waals surface area contributed by atoms with Gasteiger partial charge in [0.25, 0.3) is 0 Å². The quantitative estimate of drug-likeness (QED) is 0.0346. The van der Waals surface area contributed by atoms with Gasteiger partial charge in [0, 0.05) is 83.0 Å². The number of nitrogens with two attached hydrogens (primary N) is 2. The number of hydrogen-bond acceptors (Lipinski definition) is 3. The average molecular weight is 881 g/mol. The van der Waals surface area contributed by atoms with Gasteiger partial charge in [0.15, 0.2) is 17.1 Å². The molecule has 6 rings (SSSR count). The molecule has 0 aliphatic carbocycles. The highest BCUT2D eigenvalue weighted by Crippen LogP contribution is 2.24. The lowest BCUT2D eigenvalue weighted by molar-refractivity contribution is -0.678. The molecule has 0 atom stereocenters. The van der Waals surface area contributed by atoms with Gasteiger partial charge in [-0.3, -0.25) is 0 Å². The molecule has 0 aliphatic heterocycles. The molecule has 3 heterocycles. The largest absolute Gasteiger partial charge is 1.00 e. The number of nitrogens with zero attached hydrogens (tertiary/aromatic N) is 3. The molecule has 0 radical (unpaired) electrons. The van der Waals surface area contributed by atoms with Crippen LogP contribution in [0.1, 0.15) is 120 Å². The second-order valence-electron chi connectivity index (χ2n) is 16.3. The van der Waals surface area contributed by atoms with Crippen LogP contribution in [0.25, 0.3) is 32.7 Å². The number of aromatic nitrogens is 3. The van der Waals surface area contributed by atoms with Crippen LogP contribution in [0, 0.1) is 20.8 Å². The van der Waals surface area contributed by atoms with Gasteiger partial charge in [-0.25, -0.2) is 0 Å². The maximum atomic E-state index is 6.29. The number of para-hydroxylation sites is 3. The molecule has 0 amide bonds. The summed E-state index contributed by atoms with van der Waals surface area (Å²) in [4.78, 5) is 0. The Balaban J connectivity index is 0.00000620. The average Bonchev–Trinajstić information content (AvgIpc) is 3.20. The molecule has 304 valence electrons. The zero-order chi connectivity index (χ0) is 39.1. The van der Waals surface area contributed by atoms with E-state index in [9.17, 15) is 0 Å². The molecular formula is C50H69IN6+2. The maximum absolute atomic E-state index is 6.29. The van der Waals surface area contributed by atoms with E-state index < -0.39 is 0 Å². The van der Waals surface area contributed by atoms with Crippen molar-refractivity contribution in [3.63, 3.8) is 0 Å². The molecule has 0 fully saturated rings. The minimum atomic E-state index is 0. The number of pyridine rings is 3. The Hall–Kier alpha value is -3.98. The predicted octanol–water partition coefficient (Wildman–Crippen LogP) is 8.16. The summed E-state index contributed by atoms with van der Waals surface area (Å²) in [7, 11) is 0. The maximum Gasteiger partial charge on any atom is 0.214 e. The lowest BCUT2D eigenvalue weighted by Crippen LogP contribution is -3.00. The highest BCUT2D eigenvalue weighted by molar-refractivity contribution is 5.90. The van der Waals surface area contributed by atoms with Crippen molar-refractivity contribution in [1.82, 2.24) is 0 Å². The first kappa shape index (κ1) is 44.1. The van der Waals surface area contributed by atoms with Gasteiger partial charge in [0.2, 0.25) is 16.6 Å². The van der Waals surface area contributed by atoms with Gasteiger partial charge >= 0.3 is 0 Å². The number of nitrogen functional groups attached to an aromatic ring is 2. The van der Waals surface area contributed by atoms with Crippen LogP contribution in [-0.4, -0.2) is 6.54 Å². The Kier molecular flexibility index (Phi) is 17.7. The third-order valence-electron chi connectivity index (χ3n) is 12.0. The number of benzene rings is 3. The summed E-state index contributed by atoms with van der Waals surface area (Å²) in [6, 6.07) is 32.6. The molecule has 6 nitrogen and oxygen atoms in total. The Labute approximate surface area is 360 Å². The Morgan fingerprint density at radius 2 is 0.719 bits per heavy atom. The molecule has 0 aliphatic rings. The van der Waals surface area contributed by atoms with Gasteiger partial charge in [-0.2, -0.15) is 13.7 Å². The van der Waals surface area contributed by atoms with Gasteiger partial charge in [0.05, 0.1) is 33.2 Å². The molecule has 6 aromatic rings. The topological polar surface area (TPSA) is 75.7 Å². The van der Waals surface area contributed by atoms with Crippen molar-refractivity contribution in [3.8, 4) is 0 Å². The van der Waals surface area contributed by atoms with Crippen molar-refractivity contribution < 1.29 is 37.7 Å². The normalized spacial score (nSPS) is 11.4. The summed E-state index contributed by atoms with van der Waals surface area (Å²) in [5.74, 6) is 0. The van der Waals surface area contributed by atoms with Crippen LogP contribution < -0.4 is 54.5 Å². The summed E-state index contributed by atoms with van der Waals surface area (Å²) in [5, 5.41) is 7.48. The number of aryl methyl sites for hydroxylation is 6. The van der Waals surface area contributed by atoms with Crippen molar-refractivity contribution >= 4 is 49.8 Å². The number of hydrogen-bond donors (Lipinski definition) is 3. The fourth-order valence-corrected chi connectivity index (χ4v) is 8.85. The van der Waals surface area contributed by atoms with Crippen LogP contribution in [-0.2, 0) is 19.6 Å². The molecule has 57 heavy (non-hydrogen) atoms. The number of unbranched alkanes of at least 4 members (excludes halogenated alkanes) is 14. The first-order chi connectivity index (χ1) is 27.4. The third kappa shape index (κ3) is 12.0. The number of rotatable bonds is 23. The predicted molar refractivity (Wildman–Crippen MR) is 238 cm³/mol. The van der Waals surface area contributed by atoms with Crippen LogP contribution in [0.4, 0.5) is 17.1 Å². The molecule has 0 unspecified atom stereocenters. The van der Waals surface area contributed by atoms with E-state index in [1.807, 2.05) is 0 Å². The van der Waals surface area contributed by atoms with Crippen molar-refractivity contribution in [2.45, 2.75) is 143 Å². The molecule has 0 spiro atoms. The standard InChI is InChI=1S/C50H66N6.HI/c1-39-36-45(51)42-26-16-19-29-48(42)54(39)33-23-13-9-5-4-8-12-22-32-53-47-38-41(3)56(50-31-21-18-28-44(47)50)35-25-15-11-7-6-10-14-24-34-55-40(2)37-46(52)43-27-17-20-30-49(43)55;/h16-21,26-31,36-38,51-52H,4-15,22-25,32-35H2,1-3H3;1H/p+2. The van der Waals surface area contributed by atoms with Crippen molar-refractivity contribution in [2.24, 2.45) is 0 Å². The number of nitrogens with one attached hydrogen (secondary N) is 1. The van der Waals surface area contributed by atoms with Crippen LogP contribution in [0.2, 0.25) is 0 Å². The van der Waals surface area contributed by atoms with E-state index >= 15 is 0 Å². The lowest BCUT2D eigenvalue weighted by Gasteiger charge is -2.12. The van der Waals surface area contributed by atoms with E-state index in [2.05, 4.69) is 131 Å². The minimum Gasteiger partial charge on any atom is -1.00 e. The number of fused-ring (bicyclic) bond motifs is 3. The summed E-state index contributed by atoms with van der Waals surface area (Å²) in [5.41, 5.74) is 23.3. The first-order valence-corrected chi connectivity index (χ1v) is 21.9. The van der Waals surface area contributed by atoms with E-state index in [0.717, 1.165) is 48.3 Å².